The van der Waals surface area contributed by atoms with E-state index in [2.05, 4.69) is 25.1 Å². The second-order valence-electron chi connectivity index (χ2n) is 4.02. The van der Waals surface area contributed by atoms with E-state index >= 15 is 0 Å². The van der Waals surface area contributed by atoms with Crippen LogP contribution in [-0.2, 0) is 6.42 Å². The zero-order chi connectivity index (χ0) is 11.0. The van der Waals surface area contributed by atoms with E-state index in [-0.39, 0.29) is 0 Å². The minimum absolute atomic E-state index is 0.848. The number of rotatable bonds is 2. The van der Waals surface area contributed by atoms with Gasteiger partial charge in [-0.3, -0.25) is 0 Å². The predicted octanol–water partition coefficient (Wildman–Crippen LogP) is 3.93. The molecule has 0 aliphatic heterocycles. The largest absolute Gasteiger partial charge is 0.472 e. The van der Waals surface area contributed by atoms with Crippen molar-refractivity contribution < 1.29 is 8.83 Å². The Morgan fingerprint density at radius 3 is 2.88 bits per heavy atom. The molecule has 2 heterocycles. The lowest BCUT2D eigenvalue weighted by Gasteiger charge is -1.99. The predicted molar refractivity (Wildman–Crippen MR) is 62.5 cm³/mol. The van der Waals surface area contributed by atoms with E-state index in [1.807, 2.05) is 12.3 Å². The van der Waals surface area contributed by atoms with Crippen molar-refractivity contribution in [3.63, 3.8) is 0 Å². The Balaban J connectivity index is 2.10. The van der Waals surface area contributed by atoms with Gasteiger partial charge in [0.15, 0.2) is 0 Å². The summed E-state index contributed by atoms with van der Waals surface area (Å²) >= 11 is 0. The molecule has 0 spiro atoms. The minimum Gasteiger partial charge on any atom is -0.472 e. The van der Waals surface area contributed by atoms with Crippen molar-refractivity contribution in [3.8, 4) is 0 Å². The molecule has 2 aromatic heterocycles. The Labute approximate surface area is 93.5 Å². The zero-order valence-corrected chi connectivity index (χ0v) is 9.07. The second-order valence-corrected chi connectivity index (χ2v) is 4.02. The summed E-state index contributed by atoms with van der Waals surface area (Å²) in [6.07, 6.45) is 6.13. The fourth-order valence-electron chi connectivity index (χ4n) is 2.00. The van der Waals surface area contributed by atoms with Gasteiger partial charge in [0.05, 0.1) is 18.8 Å². The van der Waals surface area contributed by atoms with Crippen molar-refractivity contribution >= 4 is 11.0 Å². The maximum atomic E-state index is 5.60. The van der Waals surface area contributed by atoms with Gasteiger partial charge in [-0.25, -0.2) is 0 Å². The standard InChI is InChI=1S/C14H12O2/c1-10-8-16-14-12(3-2-4-13(10)14)7-11-5-6-15-9-11/h2-6,8-9H,7H2,1H3. The first-order chi connectivity index (χ1) is 7.84. The molecular formula is C14H12O2. The molecule has 3 aromatic rings. The van der Waals surface area contributed by atoms with Crippen molar-refractivity contribution in [2.24, 2.45) is 0 Å². The molecule has 0 saturated carbocycles. The van der Waals surface area contributed by atoms with Gasteiger partial charge >= 0.3 is 0 Å². The monoisotopic (exact) mass is 212 g/mol. The van der Waals surface area contributed by atoms with Gasteiger partial charge in [0.1, 0.15) is 5.58 Å². The summed E-state index contributed by atoms with van der Waals surface area (Å²) in [5.74, 6) is 0. The van der Waals surface area contributed by atoms with Crippen molar-refractivity contribution in [2.75, 3.05) is 0 Å². The molecule has 0 unspecified atom stereocenters. The average molecular weight is 212 g/mol. The summed E-state index contributed by atoms with van der Waals surface area (Å²) in [6, 6.07) is 8.24. The van der Waals surface area contributed by atoms with Crippen LogP contribution in [-0.4, -0.2) is 0 Å². The van der Waals surface area contributed by atoms with E-state index in [9.17, 15) is 0 Å². The van der Waals surface area contributed by atoms with Gasteiger partial charge in [-0.2, -0.15) is 0 Å². The van der Waals surface area contributed by atoms with E-state index in [4.69, 9.17) is 8.83 Å². The molecule has 0 atom stereocenters. The SMILES string of the molecule is Cc1coc2c(Cc3ccoc3)cccc12. The number of aryl methyl sites for hydroxylation is 1. The highest BCUT2D eigenvalue weighted by atomic mass is 16.3. The van der Waals surface area contributed by atoms with Crippen LogP contribution < -0.4 is 0 Å². The number of furan rings is 2. The molecule has 2 heteroatoms. The van der Waals surface area contributed by atoms with Crippen LogP contribution in [0.25, 0.3) is 11.0 Å². The molecule has 0 fully saturated rings. The topological polar surface area (TPSA) is 26.3 Å². The summed E-state index contributed by atoms with van der Waals surface area (Å²) < 4.78 is 10.7. The fraction of sp³-hybridized carbons (Fsp3) is 0.143. The number of hydrogen-bond acceptors (Lipinski definition) is 2. The van der Waals surface area contributed by atoms with Crippen LogP contribution in [0.15, 0.2) is 51.9 Å². The van der Waals surface area contributed by atoms with Crippen LogP contribution >= 0.6 is 0 Å². The zero-order valence-electron chi connectivity index (χ0n) is 9.07. The Morgan fingerprint density at radius 1 is 1.12 bits per heavy atom. The second kappa shape index (κ2) is 3.56. The summed E-state index contributed by atoms with van der Waals surface area (Å²) in [5, 5.41) is 1.20. The van der Waals surface area contributed by atoms with E-state index in [1.54, 1.807) is 12.5 Å². The molecule has 80 valence electrons. The normalized spacial score (nSPS) is 11.1. The minimum atomic E-state index is 0.848. The highest BCUT2D eigenvalue weighted by molar-refractivity contribution is 5.83. The number of para-hydroxylation sites is 1. The highest BCUT2D eigenvalue weighted by Gasteiger charge is 2.07. The number of hydrogen-bond donors (Lipinski definition) is 0. The third-order valence-corrected chi connectivity index (χ3v) is 2.85. The summed E-state index contributed by atoms with van der Waals surface area (Å²) in [7, 11) is 0. The van der Waals surface area contributed by atoms with E-state index in [0.717, 1.165) is 12.0 Å². The molecule has 0 bridgehead atoms. The first-order valence-electron chi connectivity index (χ1n) is 5.31. The quantitative estimate of drug-likeness (QED) is 0.643. The first kappa shape index (κ1) is 9.28. The Kier molecular flexibility index (Phi) is 2.07. The lowest BCUT2D eigenvalue weighted by atomic mass is 10.0. The molecule has 16 heavy (non-hydrogen) atoms. The Morgan fingerprint density at radius 2 is 2.06 bits per heavy atom. The van der Waals surface area contributed by atoms with Crippen LogP contribution in [0.2, 0.25) is 0 Å². The van der Waals surface area contributed by atoms with E-state index < -0.39 is 0 Å². The van der Waals surface area contributed by atoms with Gasteiger partial charge in [0.25, 0.3) is 0 Å². The van der Waals surface area contributed by atoms with Crippen molar-refractivity contribution in [1.82, 2.24) is 0 Å². The third kappa shape index (κ3) is 1.43. The third-order valence-electron chi connectivity index (χ3n) is 2.85. The fourth-order valence-corrected chi connectivity index (χ4v) is 2.00. The van der Waals surface area contributed by atoms with Crippen LogP contribution in [0.5, 0.6) is 0 Å². The summed E-state index contributed by atoms with van der Waals surface area (Å²) in [6.45, 7) is 2.06. The van der Waals surface area contributed by atoms with E-state index in [0.29, 0.717) is 0 Å². The molecule has 0 aliphatic rings. The van der Waals surface area contributed by atoms with Gasteiger partial charge in [-0.05, 0) is 29.7 Å². The number of benzene rings is 1. The van der Waals surface area contributed by atoms with Crippen LogP contribution in [0.1, 0.15) is 16.7 Å². The van der Waals surface area contributed by atoms with Gasteiger partial charge < -0.3 is 8.83 Å². The maximum Gasteiger partial charge on any atom is 0.137 e. The molecule has 1 aromatic carbocycles. The van der Waals surface area contributed by atoms with Crippen molar-refractivity contribution in [3.05, 3.63) is 59.7 Å². The van der Waals surface area contributed by atoms with Crippen molar-refractivity contribution in [1.29, 1.82) is 0 Å². The molecular weight excluding hydrogens is 200 g/mol. The Bertz CT molecular complexity index is 603. The molecule has 0 saturated heterocycles. The molecule has 0 N–H and O–H groups in total. The van der Waals surface area contributed by atoms with Gasteiger partial charge in [0, 0.05) is 11.8 Å². The average Bonchev–Trinajstić information content (AvgIpc) is 2.90. The van der Waals surface area contributed by atoms with Crippen LogP contribution in [0, 0.1) is 6.92 Å². The molecule has 0 aliphatic carbocycles. The van der Waals surface area contributed by atoms with Gasteiger partial charge in [-0.15, -0.1) is 0 Å². The van der Waals surface area contributed by atoms with Crippen molar-refractivity contribution in [2.45, 2.75) is 13.3 Å². The van der Waals surface area contributed by atoms with Crippen LogP contribution in [0.4, 0.5) is 0 Å². The summed E-state index contributed by atoms with van der Waals surface area (Å²) in [5.41, 5.74) is 4.54. The maximum absolute atomic E-state index is 5.60. The highest BCUT2D eigenvalue weighted by Crippen LogP contribution is 2.25. The van der Waals surface area contributed by atoms with Gasteiger partial charge in [-0.1, -0.05) is 18.2 Å². The molecule has 3 rings (SSSR count). The lowest BCUT2D eigenvalue weighted by Crippen LogP contribution is -1.86. The van der Waals surface area contributed by atoms with Gasteiger partial charge in [0.2, 0.25) is 0 Å². The molecule has 2 nitrogen and oxygen atoms in total. The lowest BCUT2D eigenvalue weighted by molar-refractivity contribution is 0.564. The number of fused-ring (bicyclic) bond motifs is 1. The smallest absolute Gasteiger partial charge is 0.137 e. The van der Waals surface area contributed by atoms with Crippen LogP contribution in [0.3, 0.4) is 0 Å². The first-order valence-corrected chi connectivity index (χ1v) is 5.31. The molecule has 0 amide bonds. The molecule has 0 radical (unpaired) electrons. The summed E-state index contributed by atoms with van der Waals surface area (Å²) in [4.78, 5) is 0. The Hall–Kier alpha value is -1.96. The van der Waals surface area contributed by atoms with E-state index in [1.165, 1.54) is 22.1 Å².